The first-order chi connectivity index (χ1) is 7.53. The molecular formula is C11H21NO3S. The highest BCUT2D eigenvalue weighted by Gasteiger charge is 2.18. The molecule has 0 amide bonds. The molecule has 1 heterocycles. The molecule has 4 nitrogen and oxygen atoms in total. The van der Waals surface area contributed by atoms with E-state index in [0.717, 1.165) is 25.9 Å². The average molecular weight is 247 g/mol. The van der Waals surface area contributed by atoms with Crippen LogP contribution in [0, 0.1) is 5.92 Å². The van der Waals surface area contributed by atoms with Gasteiger partial charge in [-0.15, -0.1) is 0 Å². The van der Waals surface area contributed by atoms with Crippen molar-refractivity contribution in [2.45, 2.75) is 32.6 Å². The van der Waals surface area contributed by atoms with Crippen molar-refractivity contribution in [2.24, 2.45) is 5.92 Å². The van der Waals surface area contributed by atoms with E-state index in [1.165, 1.54) is 0 Å². The molecule has 1 rings (SSSR count). The summed E-state index contributed by atoms with van der Waals surface area (Å²) in [5.74, 6) is 0.643. The molecule has 1 aliphatic rings. The summed E-state index contributed by atoms with van der Waals surface area (Å²) in [5, 5.41) is 3.25. The lowest BCUT2D eigenvalue weighted by Gasteiger charge is -2.21. The van der Waals surface area contributed by atoms with E-state index in [2.05, 4.69) is 5.32 Å². The Kier molecular flexibility index (Phi) is 5.41. The van der Waals surface area contributed by atoms with Crippen molar-refractivity contribution >= 4 is 15.6 Å². The zero-order valence-corrected chi connectivity index (χ0v) is 10.7. The summed E-state index contributed by atoms with van der Waals surface area (Å²) < 4.78 is 22.5. The molecule has 1 saturated heterocycles. The molecule has 1 fully saturated rings. The average Bonchev–Trinajstić information content (AvgIpc) is 2.28. The normalized spacial score (nSPS) is 21.9. The van der Waals surface area contributed by atoms with Crippen LogP contribution in [0.2, 0.25) is 0 Å². The van der Waals surface area contributed by atoms with Gasteiger partial charge in [-0.3, -0.25) is 4.79 Å². The van der Waals surface area contributed by atoms with Gasteiger partial charge in [0.15, 0.2) is 0 Å². The fourth-order valence-corrected chi connectivity index (χ4v) is 2.76. The van der Waals surface area contributed by atoms with Gasteiger partial charge in [-0.2, -0.15) is 0 Å². The lowest BCUT2D eigenvalue weighted by atomic mass is 9.93. The lowest BCUT2D eigenvalue weighted by Crippen LogP contribution is -2.31. The van der Waals surface area contributed by atoms with Crippen molar-refractivity contribution in [3.63, 3.8) is 0 Å². The summed E-state index contributed by atoms with van der Waals surface area (Å²) >= 11 is 0. The molecule has 94 valence electrons. The Bertz CT molecular complexity index is 318. The fraction of sp³-hybridized carbons (Fsp3) is 0.909. The maximum Gasteiger partial charge on any atom is 0.150 e. The molecule has 0 radical (unpaired) electrons. The van der Waals surface area contributed by atoms with Crippen LogP contribution < -0.4 is 5.32 Å². The number of nitrogens with one attached hydrogen (secondary N) is 1. The third kappa shape index (κ3) is 5.07. The zero-order valence-electron chi connectivity index (χ0n) is 9.87. The van der Waals surface area contributed by atoms with Crippen LogP contribution in [0.15, 0.2) is 0 Å². The SMILES string of the molecule is CCS(=O)(=O)CCC(=O)CC1CCCNC1. The first-order valence-corrected chi connectivity index (χ1v) is 7.78. The van der Waals surface area contributed by atoms with Crippen LogP contribution in [0.4, 0.5) is 0 Å². The molecule has 1 aliphatic heterocycles. The molecule has 16 heavy (non-hydrogen) atoms. The minimum absolute atomic E-state index is 0.0164. The highest BCUT2D eigenvalue weighted by Crippen LogP contribution is 2.15. The summed E-state index contributed by atoms with van der Waals surface area (Å²) in [4.78, 5) is 11.6. The lowest BCUT2D eigenvalue weighted by molar-refractivity contribution is -0.119. The molecule has 0 aromatic carbocycles. The van der Waals surface area contributed by atoms with E-state index in [4.69, 9.17) is 0 Å². The monoisotopic (exact) mass is 247 g/mol. The van der Waals surface area contributed by atoms with E-state index in [-0.39, 0.29) is 23.7 Å². The fourth-order valence-electron chi connectivity index (χ4n) is 1.94. The molecule has 1 atom stereocenters. The topological polar surface area (TPSA) is 63.2 Å². The summed E-state index contributed by atoms with van der Waals surface area (Å²) in [5.41, 5.74) is 0. The Morgan fingerprint density at radius 3 is 2.75 bits per heavy atom. The maximum atomic E-state index is 11.6. The Balaban J connectivity index is 2.25. The highest BCUT2D eigenvalue weighted by atomic mass is 32.2. The van der Waals surface area contributed by atoms with Gasteiger partial charge < -0.3 is 5.32 Å². The summed E-state index contributed by atoms with van der Waals surface area (Å²) in [6, 6.07) is 0. The van der Waals surface area contributed by atoms with Crippen LogP contribution >= 0.6 is 0 Å². The smallest absolute Gasteiger partial charge is 0.150 e. The van der Waals surface area contributed by atoms with Crippen molar-refractivity contribution < 1.29 is 13.2 Å². The second kappa shape index (κ2) is 6.35. The Labute approximate surface area is 97.7 Å². The van der Waals surface area contributed by atoms with Gasteiger partial charge in [0.05, 0.1) is 5.75 Å². The van der Waals surface area contributed by atoms with Crippen LogP contribution in [-0.2, 0) is 14.6 Å². The summed E-state index contributed by atoms with van der Waals surface area (Å²) in [6.07, 6.45) is 2.92. The van der Waals surface area contributed by atoms with E-state index in [9.17, 15) is 13.2 Å². The molecule has 0 aromatic rings. The maximum absolute atomic E-state index is 11.6. The van der Waals surface area contributed by atoms with Crippen molar-refractivity contribution in [2.75, 3.05) is 24.6 Å². The third-order valence-electron chi connectivity index (χ3n) is 3.05. The van der Waals surface area contributed by atoms with Gasteiger partial charge in [-0.1, -0.05) is 6.92 Å². The molecule has 5 heteroatoms. The number of ketones is 1. The van der Waals surface area contributed by atoms with Gasteiger partial charge in [0.1, 0.15) is 15.6 Å². The van der Waals surface area contributed by atoms with Gasteiger partial charge in [0.25, 0.3) is 0 Å². The van der Waals surface area contributed by atoms with Crippen LogP contribution in [0.1, 0.15) is 32.6 Å². The second-order valence-electron chi connectivity index (χ2n) is 4.44. The predicted octanol–water partition coefficient (Wildman–Crippen LogP) is 0.770. The summed E-state index contributed by atoms with van der Waals surface area (Å²) in [7, 11) is -2.99. The Morgan fingerprint density at radius 1 is 1.44 bits per heavy atom. The van der Waals surface area contributed by atoms with Crippen molar-refractivity contribution in [3.05, 3.63) is 0 Å². The van der Waals surface area contributed by atoms with Gasteiger partial charge in [0.2, 0.25) is 0 Å². The van der Waals surface area contributed by atoms with Crippen LogP contribution in [0.5, 0.6) is 0 Å². The standard InChI is InChI=1S/C11H21NO3S/c1-2-16(14,15)7-5-11(13)8-10-4-3-6-12-9-10/h10,12H,2-9H2,1H3. The van der Waals surface area contributed by atoms with Gasteiger partial charge in [0, 0.05) is 18.6 Å². The first kappa shape index (κ1) is 13.6. The van der Waals surface area contributed by atoms with E-state index < -0.39 is 9.84 Å². The Hall–Kier alpha value is -0.420. The molecule has 0 bridgehead atoms. The van der Waals surface area contributed by atoms with Crippen LogP contribution in [0.25, 0.3) is 0 Å². The molecule has 0 aliphatic carbocycles. The first-order valence-electron chi connectivity index (χ1n) is 5.96. The number of carbonyl (C=O) groups excluding carboxylic acids is 1. The van der Waals surface area contributed by atoms with Crippen molar-refractivity contribution in [1.82, 2.24) is 5.32 Å². The predicted molar refractivity (Wildman–Crippen MR) is 64.2 cm³/mol. The van der Waals surface area contributed by atoms with Gasteiger partial charge in [-0.05, 0) is 31.8 Å². The molecule has 0 aromatic heterocycles. The molecular weight excluding hydrogens is 226 g/mol. The third-order valence-corrected chi connectivity index (χ3v) is 4.75. The van der Waals surface area contributed by atoms with Crippen molar-refractivity contribution in [3.8, 4) is 0 Å². The van der Waals surface area contributed by atoms with Gasteiger partial charge >= 0.3 is 0 Å². The number of Topliss-reactive ketones (excluding diaryl/α,β-unsaturated/α-hetero) is 1. The number of hydrogen-bond acceptors (Lipinski definition) is 4. The largest absolute Gasteiger partial charge is 0.316 e. The zero-order chi connectivity index (χ0) is 12.0. The van der Waals surface area contributed by atoms with E-state index >= 15 is 0 Å². The number of sulfone groups is 1. The summed E-state index contributed by atoms with van der Waals surface area (Å²) in [6.45, 7) is 3.55. The molecule has 1 N–H and O–H groups in total. The molecule has 0 saturated carbocycles. The van der Waals surface area contributed by atoms with E-state index in [0.29, 0.717) is 12.3 Å². The molecule has 1 unspecified atom stereocenters. The quantitative estimate of drug-likeness (QED) is 0.753. The number of carbonyl (C=O) groups is 1. The highest BCUT2D eigenvalue weighted by molar-refractivity contribution is 7.91. The molecule has 0 spiro atoms. The van der Waals surface area contributed by atoms with Crippen molar-refractivity contribution in [1.29, 1.82) is 0 Å². The number of rotatable bonds is 6. The van der Waals surface area contributed by atoms with E-state index in [1.54, 1.807) is 6.92 Å². The number of piperidine rings is 1. The minimum Gasteiger partial charge on any atom is -0.316 e. The number of hydrogen-bond donors (Lipinski definition) is 1. The van der Waals surface area contributed by atoms with Crippen LogP contribution in [-0.4, -0.2) is 38.8 Å². The van der Waals surface area contributed by atoms with E-state index in [1.807, 2.05) is 0 Å². The van der Waals surface area contributed by atoms with Crippen LogP contribution in [0.3, 0.4) is 0 Å². The second-order valence-corrected chi connectivity index (χ2v) is 6.91. The Morgan fingerprint density at radius 2 is 2.19 bits per heavy atom. The minimum atomic E-state index is -2.99. The van der Waals surface area contributed by atoms with Gasteiger partial charge in [-0.25, -0.2) is 8.42 Å².